The molecular weight excluding hydrogens is 182 g/mol. The van der Waals surface area contributed by atoms with Gasteiger partial charge in [0.05, 0.1) is 0 Å². The van der Waals surface area contributed by atoms with E-state index in [-0.39, 0.29) is 0 Å². The average molecular weight is 188 g/mol. The summed E-state index contributed by atoms with van der Waals surface area (Å²) in [5.41, 5.74) is 0. The van der Waals surface area contributed by atoms with Gasteiger partial charge in [0.1, 0.15) is 0 Å². The Kier molecular flexibility index (Phi) is 4.81. The van der Waals surface area contributed by atoms with E-state index in [9.17, 15) is 9.13 Å². The molecular formula is C2H6O6P2+2. The van der Waals surface area contributed by atoms with E-state index in [2.05, 4.69) is 8.83 Å². The highest BCUT2D eigenvalue weighted by atomic mass is 31.2. The Morgan fingerprint density at radius 3 is 2.30 bits per heavy atom. The zero-order valence-corrected chi connectivity index (χ0v) is 6.79. The van der Waals surface area contributed by atoms with Crippen molar-refractivity contribution >= 4 is 16.5 Å². The fourth-order valence-electron chi connectivity index (χ4n) is 0.201. The van der Waals surface area contributed by atoms with Gasteiger partial charge in [-0.25, -0.2) is 0 Å². The molecule has 0 amide bonds. The third-order valence-corrected chi connectivity index (χ3v) is 1.94. The quantitative estimate of drug-likeness (QED) is 0.497. The Balaban J connectivity index is 3.54. The van der Waals surface area contributed by atoms with E-state index in [1.165, 1.54) is 6.92 Å². The highest BCUT2D eigenvalue weighted by Gasteiger charge is 2.37. The van der Waals surface area contributed by atoms with Crippen LogP contribution < -0.4 is 0 Å². The van der Waals surface area contributed by atoms with E-state index in [0.29, 0.717) is 0 Å². The van der Waals surface area contributed by atoms with Crippen LogP contribution in [0.1, 0.15) is 6.92 Å². The van der Waals surface area contributed by atoms with Crippen LogP contribution in [0.4, 0.5) is 0 Å². The van der Waals surface area contributed by atoms with E-state index < -0.39 is 22.8 Å². The van der Waals surface area contributed by atoms with Gasteiger partial charge in [0.2, 0.25) is 6.29 Å². The van der Waals surface area contributed by atoms with E-state index in [1.54, 1.807) is 0 Å². The van der Waals surface area contributed by atoms with Crippen molar-refractivity contribution in [2.45, 2.75) is 13.2 Å². The second kappa shape index (κ2) is 4.79. The number of rotatable bonds is 4. The van der Waals surface area contributed by atoms with Crippen molar-refractivity contribution in [1.29, 1.82) is 0 Å². The van der Waals surface area contributed by atoms with Crippen molar-refractivity contribution in [3.05, 3.63) is 0 Å². The van der Waals surface area contributed by atoms with Crippen LogP contribution in [0.5, 0.6) is 0 Å². The molecule has 0 aliphatic rings. The summed E-state index contributed by atoms with van der Waals surface area (Å²) in [4.78, 5) is 7.98. The predicted molar refractivity (Wildman–Crippen MR) is 31.3 cm³/mol. The Labute approximate surface area is 58.7 Å². The second-order valence-electron chi connectivity index (χ2n) is 1.25. The first-order chi connectivity index (χ1) is 4.52. The van der Waals surface area contributed by atoms with Gasteiger partial charge in [0.25, 0.3) is 0 Å². The standard InChI is InChI=1S/C2H5O6P2/c1-2(3)7-10(6)8-9(4)5/h2-3H,1H3/q+1/p+1. The molecule has 0 fully saturated rings. The van der Waals surface area contributed by atoms with Gasteiger partial charge in [-0.1, -0.05) is 4.52 Å². The molecule has 0 aromatic rings. The number of aliphatic hydroxyl groups is 1. The van der Waals surface area contributed by atoms with Gasteiger partial charge in [-0.05, 0) is 6.92 Å². The molecule has 0 spiro atoms. The van der Waals surface area contributed by atoms with Crippen LogP contribution in [0, 0.1) is 0 Å². The van der Waals surface area contributed by atoms with Crippen molar-refractivity contribution < 1.29 is 28.0 Å². The molecule has 0 heterocycles. The molecule has 0 radical (unpaired) electrons. The highest BCUT2D eigenvalue weighted by molar-refractivity contribution is 7.47. The van der Waals surface area contributed by atoms with E-state index in [1.807, 2.05) is 0 Å². The van der Waals surface area contributed by atoms with E-state index >= 15 is 0 Å². The SMILES string of the molecule is CC(O)O[P+](=O)O[P+](=O)O. The van der Waals surface area contributed by atoms with Crippen LogP contribution in [0.15, 0.2) is 0 Å². The fraction of sp³-hybridized carbons (Fsp3) is 1.00. The summed E-state index contributed by atoms with van der Waals surface area (Å²) in [7, 11) is -5.63. The lowest BCUT2D eigenvalue weighted by Gasteiger charge is -1.86. The molecule has 3 atom stereocenters. The van der Waals surface area contributed by atoms with E-state index in [4.69, 9.17) is 10.00 Å². The molecule has 3 unspecified atom stereocenters. The lowest BCUT2D eigenvalue weighted by molar-refractivity contribution is -0.000726. The van der Waals surface area contributed by atoms with Crippen LogP contribution in [0.3, 0.4) is 0 Å². The smallest absolute Gasteiger partial charge is 0.364 e. The lowest BCUT2D eigenvalue weighted by Crippen LogP contribution is -1.99. The number of hydrogen-bond acceptors (Lipinski definition) is 5. The normalized spacial score (nSPS) is 16.3. The summed E-state index contributed by atoms with van der Waals surface area (Å²) in [6.07, 6.45) is -1.28. The van der Waals surface area contributed by atoms with Crippen molar-refractivity contribution in [2.75, 3.05) is 0 Å². The van der Waals surface area contributed by atoms with Crippen molar-refractivity contribution in [2.24, 2.45) is 0 Å². The largest absolute Gasteiger partial charge is 0.750 e. The van der Waals surface area contributed by atoms with E-state index in [0.717, 1.165) is 0 Å². The topological polar surface area (TPSA) is 93.1 Å². The van der Waals surface area contributed by atoms with Crippen molar-refractivity contribution in [3.8, 4) is 0 Å². The van der Waals surface area contributed by atoms with Gasteiger partial charge in [-0.3, -0.25) is 0 Å². The molecule has 8 heteroatoms. The zero-order chi connectivity index (χ0) is 8.15. The minimum Gasteiger partial charge on any atom is -0.364 e. The molecule has 0 aromatic carbocycles. The minimum atomic E-state index is -2.94. The third kappa shape index (κ3) is 6.16. The maximum Gasteiger partial charge on any atom is 0.750 e. The molecule has 0 rings (SSSR count). The maximum absolute atomic E-state index is 10.3. The molecule has 0 saturated heterocycles. The summed E-state index contributed by atoms with van der Waals surface area (Å²) in [5, 5.41) is 8.37. The van der Waals surface area contributed by atoms with Crippen molar-refractivity contribution in [1.82, 2.24) is 0 Å². The predicted octanol–water partition coefficient (Wildman–Crippen LogP) is 0.665. The average Bonchev–Trinajstić information content (AvgIpc) is 1.58. The molecule has 10 heavy (non-hydrogen) atoms. The first kappa shape index (κ1) is 10.0. The molecule has 58 valence electrons. The first-order valence-corrected chi connectivity index (χ1v) is 4.41. The molecule has 0 aliphatic heterocycles. The van der Waals surface area contributed by atoms with Gasteiger partial charge >= 0.3 is 16.5 Å². The summed E-state index contributed by atoms with van der Waals surface area (Å²) < 4.78 is 27.8. The van der Waals surface area contributed by atoms with Crippen molar-refractivity contribution in [3.63, 3.8) is 0 Å². The second-order valence-corrected chi connectivity index (χ2v) is 3.03. The lowest BCUT2D eigenvalue weighted by atomic mass is 10.8. The molecule has 0 bridgehead atoms. The molecule has 0 aromatic heterocycles. The number of hydrogen-bond donors (Lipinski definition) is 2. The van der Waals surface area contributed by atoms with Crippen LogP contribution >= 0.6 is 16.5 Å². The summed E-state index contributed by atoms with van der Waals surface area (Å²) >= 11 is 0. The molecule has 0 aliphatic carbocycles. The third-order valence-electron chi connectivity index (χ3n) is 0.375. The fourth-order valence-corrected chi connectivity index (χ4v) is 1.06. The Hall–Kier alpha value is 0.0400. The minimum absolute atomic E-state index is 1.20. The summed E-state index contributed by atoms with van der Waals surface area (Å²) in [6.45, 7) is 1.20. The van der Waals surface area contributed by atoms with Crippen LogP contribution in [0.25, 0.3) is 0 Å². The van der Waals surface area contributed by atoms with Gasteiger partial charge < -0.3 is 5.11 Å². The first-order valence-electron chi connectivity index (χ1n) is 2.18. The molecule has 6 nitrogen and oxygen atoms in total. The highest BCUT2D eigenvalue weighted by Crippen LogP contribution is 2.36. The van der Waals surface area contributed by atoms with Gasteiger partial charge in [-0.2, -0.15) is 0 Å². The van der Waals surface area contributed by atoms with Gasteiger partial charge in [0, 0.05) is 9.13 Å². The molecule has 2 N–H and O–H groups in total. The summed E-state index contributed by atoms with van der Waals surface area (Å²) in [5.74, 6) is 0. The van der Waals surface area contributed by atoms with Crippen LogP contribution in [-0.2, 0) is 18.0 Å². The maximum atomic E-state index is 10.3. The number of aliphatic hydroxyl groups excluding tert-OH is 1. The zero-order valence-electron chi connectivity index (χ0n) is 5.00. The molecule has 0 saturated carbocycles. The van der Waals surface area contributed by atoms with Gasteiger partial charge in [-0.15, -0.1) is 4.89 Å². The monoisotopic (exact) mass is 188 g/mol. The summed E-state index contributed by atoms with van der Waals surface area (Å²) in [6, 6.07) is 0. The Bertz CT molecular complexity index is 143. The van der Waals surface area contributed by atoms with Crippen LogP contribution in [-0.4, -0.2) is 16.3 Å². The van der Waals surface area contributed by atoms with Gasteiger partial charge in [0.15, 0.2) is 4.31 Å². The Morgan fingerprint density at radius 1 is 1.50 bits per heavy atom. The Morgan fingerprint density at radius 2 is 2.00 bits per heavy atom. The van der Waals surface area contributed by atoms with Crippen LogP contribution in [0.2, 0.25) is 0 Å².